The van der Waals surface area contributed by atoms with Crippen molar-refractivity contribution in [3.05, 3.63) is 47.4 Å². The quantitative estimate of drug-likeness (QED) is 0.828. The maximum absolute atomic E-state index is 13.3. The molecule has 1 aromatic heterocycles. The Morgan fingerprint density at radius 3 is 2.88 bits per heavy atom. The molecule has 2 aromatic rings. The highest BCUT2D eigenvalue weighted by molar-refractivity contribution is 7.88. The number of sulfonamides is 1. The Morgan fingerprint density at radius 2 is 2.12 bits per heavy atom. The SMILES string of the molecule is O=S(=O)(Cc1cccc(F)c1)N1CCCC1c1nc(C2CC2)no1. The monoisotopic (exact) mass is 351 g/mol. The molecule has 1 aromatic carbocycles. The Morgan fingerprint density at radius 1 is 1.29 bits per heavy atom. The van der Waals surface area contributed by atoms with Crippen molar-refractivity contribution in [1.82, 2.24) is 14.4 Å². The van der Waals surface area contributed by atoms with E-state index >= 15 is 0 Å². The minimum absolute atomic E-state index is 0.231. The van der Waals surface area contributed by atoms with E-state index < -0.39 is 21.9 Å². The van der Waals surface area contributed by atoms with E-state index in [2.05, 4.69) is 10.1 Å². The van der Waals surface area contributed by atoms with Gasteiger partial charge in [0.2, 0.25) is 15.9 Å². The first kappa shape index (κ1) is 15.7. The second-order valence-corrected chi connectivity index (χ2v) is 8.34. The molecule has 0 amide bonds. The smallest absolute Gasteiger partial charge is 0.245 e. The molecule has 128 valence electrons. The van der Waals surface area contributed by atoms with Crippen LogP contribution < -0.4 is 0 Å². The zero-order valence-electron chi connectivity index (χ0n) is 13.1. The summed E-state index contributed by atoms with van der Waals surface area (Å²) >= 11 is 0. The van der Waals surface area contributed by atoms with Crippen LogP contribution in [-0.4, -0.2) is 29.4 Å². The molecular weight excluding hydrogens is 333 g/mol. The van der Waals surface area contributed by atoms with Crippen LogP contribution in [0.4, 0.5) is 4.39 Å². The van der Waals surface area contributed by atoms with Crippen LogP contribution in [-0.2, 0) is 15.8 Å². The summed E-state index contributed by atoms with van der Waals surface area (Å²) in [6.45, 7) is 0.420. The van der Waals surface area contributed by atoms with Crippen molar-refractivity contribution in [3.63, 3.8) is 0 Å². The zero-order chi connectivity index (χ0) is 16.7. The first-order valence-electron chi connectivity index (χ1n) is 8.10. The normalized spacial score (nSPS) is 22.1. The molecule has 1 saturated heterocycles. The fourth-order valence-corrected chi connectivity index (χ4v) is 4.89. The topological polar surface area (TPSA) is 76.3 Å². The largest absolute Gasteiger partial charge is 0.338 e. The molecule has 1 unspecified atom stereocenters. The third-order valence-electron chi connectivity index (χ3n) is 4.48. The maximum atomic E-state index is 13.3. The summed E-state index contributed by atoms with van der Waals surface area (Å²) in [5.74, 6) is 0.745. The Bertz CT molecular complexity index is 848. The molecule has 24 heavy (non-hydrogen) atoms. The Balaban J connectivity index is 1.56. The van der Waals surface area contributed by atoms with Crippen molar-refractivity contribution in [3.8, 4) is 0 Å². The maximum Gasteiger partial charge on any atom is 0.245 e. The van der Waals surface area contributed by atoms with Crippen LogP contribution in [0.25, 0.3) is 0 Å². The van der Waals surface area contributed by atoms with Crippen LogP contribution in [0.15, 0.2) is 28.8 Å². The third kappa shape index (κ3) is 3.08. The Kier molecular flexibility index (Phi) is 3.88. The van der Waals surface area contributed by atoms with Gasteiger partial charge in [-0.05, 0) is 43.4 Å². The molecule has 0 radical (unpaired) electrons. The molecule has 8 heteroatoms. The first-order valence-corrected chi connectivity index (χ1v) is 9.71. The summed E-state index contributed by atoms with van der Waals surface area (Å²) < 4.78 is 45.6. The van der Waals surface area contributed by atoms with E-state index in [9.17, 15) is 12.8 Å². The number of aromatic nitrogens is 2. The molecular formula is C16H18FN3O3S. The number of nitrogens with zero attached hydrogens (tertiary/aromatic N) is 3. The Labute approximate surface area is 139 Å². The summed E-state index contributed by atoms with van der Waals surface area (Å²) in [6, 6.07) is 5.27. The van der Waals surface area contributed by atoms with Gasteiger partial charge in [0, 0.05) is 12.5 Å². The average molecular weight is 351 g/mol. The highest BCUT2D eigenvalue weighted by atomic mass is 32.2. The summed E-state index contributed by atoms with van der Waals surface area (Å²) in [6.07, 6.45) is 3.53. The van der Waals surface area contributed by atoms with Crippen molar-refractivity contribution < 1.29 is 17.3 Å². The van der Waals surface area contributed by atoms with Gasteiger partial charge in [0.1, 0.15) is 11.9 Å². The van der Waals surface area contributed by atoms with E-state index in [1.807, 2.05) is 0 Å². The lowest BCUT2D eigenvalue weighted by molar-refractivity contribution is 0.289. The van der Waals surface area contributed by atoms with Gasteiger partial charge in [0.25, 0.3) is 0 Å². The van der Waals surface area contributed by atoms with Crippen LogP contribution in [0.2, 0.25) is 0 Å². The van der Waals surface area contributed by atoms with E-state index in [0.717, 1.165) is 19.3 Å². The molecule has 2 aliphatic rings. The average Bonchev–Trinajstić information content (AvgIpc) is 3.07. The number of rotatable bonds is 5. The Hall–Kier alpha value is -1.80. The second kappa shape index (κ2) is 5.93. The van der Waals surface area contributed by atoms with Crippen LogP contribution in [0.1, 0.15) is 54.9 Å². The predicted molar refractivity (Wildman–Crippen MR) is 84.0 cm³/mol. The molecule has 6 nitrogen and oxygen atoms in total. The van der Waals surface area contributed by atoms with Gasteiger partial charge >= 0.3 is 0 Å². The summed E-state index contributed by atoms with van der Waals surface area (Å²) in [4.78, 5) is 4.40. The minimum Gasteiger partial charge on any atom is -0.338 e. The first-order chi connectivity index (χ1) is 11.5. The van der Waals surface area contributed by atoms with Gasteiger partial charge in [-0.3, -0.25) is 0 Å². The zero-order valence-corrected chi connectivity index (χ0v) is 13.9. The van der Waals surface area contributed by atoms with E-state index in [4.69, 9.17) is 4.52 Å². The van der Waals surface area contributed by atoms with Crippen molar-refractivity contribution in [1.29, 1.82) is 0 Å². The minimum atomic E-state index is -3.58. The molecule has 1 atom stereocenters. The lowest BCUT2D eigenvalue weighted by Gasteiger charge is -2.21. The molecule has 0 spiro atoms. The van der Waals surface area contributed by atoms with Crippen molar-refractivity contribution >= 4 is 10.0 Å². The summed E-state index contributed by atoms with van der Waals surface area (Å²) in [5.41, 5.74) is 0.435. The fourth-order valence-electron chi connectivity index (χ4n) is 3.13. The summed E-state index contributed by atoms with van der Waals surface area (Å²) in [5, 5.41) is 3.98. The second-order valence-electron chi connectivity index (χ2n) is 6.42. The number of hydrogen-bond acceptors (Lipinski definition) is 5. The summed E-state index contributed by atoms with van der Waals surface area (Å²) in [7, 11) is -3.58. The van der Waals surface area contributed by atoms with E-state index in [1.54, 1.807) is 6.07 Å². The lowest BCUT2D eigenvalue weighted by atomic mass is 10.2. The van der Waals surface area contributed by atoms with Crippen molar-refractivity contribution in [2.24, 2.45) is 0 Å². The van der Waals surface area contributed by atoms with Gasteiger partial charge in [0.05, 0.1) is 5.75 Å². The van der Waals surface area contributed by atoms with Gasteiger partial charge in [-0.1, -0.05) is 17.3 Å². The number of benzene rings is 1. The van der Waals surface area contributed by atoms with Crippen LogP contribution >= 0.6 is 0 Å². The molecule has 1 aliphatic heterocycles. The molecule has 2 fully saturated rings. The van der Waals surface area contributed by atoms with Gasteiger partial charge in [-0.2, -0.15) is 9.29 Å². The van der Waals surface area contributed by atoms with Crippen LogP contribution in [0.5, 0.6) is 0 Å². The van der Waals surface area contributed by atoms with Gasteiger partial charge in [0.15, 0.2) is 5.82 Å². The van der Waals surface area contributed by atoms with Gasteiger partial charge < -0.3 is 4.52 Å². The molecule has 2 heterocycles. The molecule has 4 rings (SSSR count). The lowest BCUT2D eigenvalue weighted by Crippen LogP contribution is -2.32. The predicted octanol–water partition coefficient (Wildman–Crippen LogP) is 2.75. The number of hydrogen-bond donors (Lipinski definition) is 0. The van der Waals surface area contributed by atoms with Crippen molar-refractivity contribution in [2.75, 3.05) is 6.54 Å². The van der Waals surface area contributed by atoms with Gasteiger partial charge in [-0.25, -0.2) is 12.8 Å². The standard InChI is InChI=1S/C16H18FN3O3S/c17-13-4-1-3-11(9-13)10-24(21,22)20-8-2-5-14(20)16-18-15(19-23-16)12-6-7-12/h1,3-4,9,12,14H,2,5-8,10H2. The van der Waals surface area contributed by atoms with E-state index in [0.29, 0.717) is 36.2 Å². The van der Waals surface area contributed by atoms with Crippen LogP contribution in [0, 0.1) is 5.82 Å². The molecule has 0 N–H and O–H groups in total. The molecule has 1 saturated carbocycles. The number of halogens is 1. The van der Waals surface area contributed by atoms with E-state index in [1.165, 1.54) is 22.5 Å². The fraction of sp³-hybridized carbons (Fsp3) is 0.500. The molecule has 0 bridgehead atoms. The highest BCUT2D eigenvalue weighted by Gasteiger charge is 2.39. The van der Waals surface area contributed by atoms with E-state index in [-0.39, 0.29) is 5.75 Å². The van der Waals surface area contributed by atoms with Gasteiger partial charge in [-0.15, -0.1) is 0 Å². The molecule has 1 aliphatic carbocycles. The highest BCUT2D eigenvalue weighted by Crippen LogP contribution is 2.40. The van der Waals surface area contributed by atoms with Crippen molar-refractivity contribution in [2.45, 2.75) is 43.4 Å². The van der Waals surface area contributed by atoms with Crippen LogP contribution in [0.3, 0.4) is 0 Å². The third-order valence-corrected chi connectivity index (χ3v) is 6.33.